The smallest absolute Gasteiger partial charge is 0.123 e. The average molecular weight is 291 g/mol. The van der Waals surface area contributed by atoms with E-state index in [1.165, 1.54) is 11.6 Å². The molecular weight excluding hydrogens is 271 g/mol. The van der Waals surface area contributed by atoms with E-state index in [1.54, 1.807) is 12.1 Å². The van der Waals surface area contributed by atoms with Crippen molar-refractivity contribution in [2.45, 2.75) is 39.0 Å². The zero-order valence-corrected chi connectivity index (χ0v) is 12.9. The van der Waals surface area contributed by atoms with E-state index in [4.69, 9.17) is 11.6 Å². The van der Waals surface area contributed by atoms with Gasteiger partial charge in [-0.25, -0.2) is 4.39 Å². The van der Waals surface area contributed by atoms with Crippen LogP contribution in [0.1, 0.15) is 49.3 Å². The molecule has 1 atom stereocenters. The third-order valence-corrected chi connectivity index (χ3v) is 4.14. The molecule has 1 unspecified atom stereocenters. The fourth-order valence-electron chi connectivity index (χ4n) is 2.46. The molecule has 0 saturated carbocycles. The molecule has 0 aliphatic heterocycles. The van der Waals surface area contributed by atoms with Crippen LogP contribution >= 0.6 is 11.6 Å². The second kappa shape index (κ2) is 6.41. The van der Waals surface area contributed by atoms with E-state index >= 15 is 0 Å². The standard InChI is InChI=1S/C18H20ClF/c1-12(2)17-9-5-7-15(18(17)19)10-13(3)14-6-4-8-16(20)11-14/h4-9,11-13H,10H2,1-3H3. The molecule has 0 N–H and O–H groups in total. The monoisotopic (exact) mass is 290 g/mol. The molecule has 0 aliphatic carbocycles. The van der Waals surface area contributed by atoms with Crippen LogP contribution in [0.3, 0.4) is 0 Å². The Morgan fingerprint density at radius 2 is 1.75 bits per heavy atom. The van der Waals surface area contributed by atoms with E-state index in [2.05, 4.69) is 39.0 Å². The highest BCUT2D eigenvalue weighted by molar-refractivity contribution is 6.32. The highest BCUT2D eigenvalue weighted by Crippen LogP contribution is 2.31. The Morgan fingerprint density at radius 1 is 1.05 bits per heavy atom. The van der Waals surface area contributed by atoms with Crippen molar-refractivity contribution >= 4 is 11.6 Å². The Kier molecular flexibility index (Phi) is 4.82. The van der Waals surface area contributed by atoms with Crippen LogP contribution in [0, 0.1) is 5.82 Å². The van der Waals surface area contributed by atoms with Crippen LogP contribution < -0.4 is 0 Å². The van der Waals surface area contributed by atoms with Gasteiger partial charge in [-0.1, -0.05) is 62.7 Å². The normalized spacial score (nSPS) is 12.7. The van der Waals surface area contributed by atoms with Crippen LogP contribution in [-0.4, -0.2) is 0 Å². The molecule has 0 aromatic heterocycles. The predicted molar refractivity (Wildman–Crippen MR) is 84.1 cm³/mol. The number of rotatable bonds is 4. The molecule has 0 radical (unpaired) electrons. The van der Waals surface area contributed by atoms with Crippen molar-refractivity contribution < 1.29 is 4.39 Å². The average Bonchev–Trinajstić information content (AvgIpc) is 2.40. The van der Waals surface area contributed by atoms with Gasteiger partial charge >= 0.3 is 0 Å². The molecule has 0 bridgehead atoms. The minimum atomic E-state index is -0.184. The number of halogens is 2. The summed E-state index contributed by atoms with van der Waals surface area (Å²) in [7, 11) is 0. The van der Waals surface area contributed by atoms with Gasteiger partial charge in [-0.05, 0) is 47.1 Å². The van der Waals surface area contributed by atoms with Crippen molar-refractivity contribution in [1.82, 2.24) is 0 Å². The van der Waals surface area contributed by atoms with E-state index < -0.39 is 0 Å². The van der Waals surface area contributed by atoms with Gasteiger partial charge in [0.25, 0.3) is 0 Å². The van der Waals surface area contributed by atoms with Gasteiger partial charge in [0.05, 0.1) is 0 Å². The molecule has 0 aliphatic rings. The highest BCUT2D eigenvalue weighted by Gasteiger charge is 2.13. The molecule has 20 heavy (non-hydrogen) atoms. The summed E-state index contributed by atoms with van der Waals surface area (Å²) in [4.78, 5) is 0. The first-order valence-corrected chi connectivity index (χ1v) is 7.39. The number of benzene rings is 2. The number of hydrogen-bond donors (Lipinski definition) is 0. The van der Waals surface area contributed by atoms with E-state index in [-0.39, 0.29) is 11.7 Å². The zero-order chi connectivity index (χ0) is 14.7. The van der Waals surface area contributed by atoms with Gasteiger partial charge < -0.3 is 0 Å². The molecule has 0 spiro atoms. The Bertz CT molecular complexity index is 590. The molecule has 0 amide bonds. The SMILES string of the molecule is CC(C)c1cccc(CC(C)c2cccc(F)c2)c1Cl. The van der Waals surface area contributed by atoms with Crippen LogP contribution in [0.25, 0.3) is 0 Å². The van der Waals surface area contributed by atoms with Crippen LogP contribution in [0.5, 0.6) is 0 Å². The zero-order valence-electron chi connectivity index (χ0n) is 12.2. The van der Waals surface area contributed by atoms with Crippen molar-refractivity contribution in [3.8, 4) is 0 Å². The molecule has 0 nitrogen and oxygen atoms in total. The molecule has 0 fully saturated rings. The van der Waals surface area contributed by atoms with Crippen LogP contribution in [0.4, 0.5) is 4.39 Å². The predicted octanol–water partition coefficient (Wildman–Crippen LogP) is 5.95. The molecule has 0 heterocycles. The third kappa shape index (κ3) is 3.40. The minimum absolute atomic E-state index is 0.184. The molecular formula is C18H20ClF. The summed E-state index contributed by atoms with van der Waals surface area (Å²) in [5.74, 6) is 0.467. The molecule has 2 heteroatoms. The lowest BCUT2D eigenvalue weighted by Crippen LogP contribution is -2.01. The van der Waals surface area contributed by atoms with Crippen molar-refractivity contribution in [1.29, 1.82) is 0 Å². The van der Waals surface area contributed by atoms with E-state index in [1.807, 2.05) is 6.07 Å². The molecule has 2 aromatic carbocycles. The maximum Gasteiger partial charge on any atom is 0.123 e. The summed E-state index contributed by atoms with van der Waals surface area (Å²) in [6, 6.07) is 13.0. The lowest BCUT2D eigenvalue weighted by Gasteiger charge is -2.16. The second-order valence-corrected chi connectivity index (χ2v) is 6.01. The summed E-state index contributed by atoms with van der Waals surface area (Å²) in [5.41, 5.74) is 3.32. The summed E-state index contributed by atoms with van der Waals surface area (Å²) in [6.07, 6.45) is 0.822. The van der Waals surface area contributed by atoms with Gasteiger partial charge in [-0.2, -0.15) is 0 Å². The van der Waals surface area contributed by atoms with Crippen LogP contribution in [-0.2, 0) is 6.42 Å². The van der Waals surface area contributed by atoms with Gasteiger partial charge in [0.1, 0.15) is 5.82 Å². The summed E-state index contributed by atoms with van der Waals surface area (Å²) in [5, 5.41) is 0.853. The van der Waals surface area contributed by atoms with Gasteiger partial charge in [0.2, 0.25) is 0 Å². The number of hydrogen-bond acceptors (Lipinski definition) is 0. The fourth-order valence-corrected chi connectivity index (χ4v) is 2.89. The van der Waals surface area contributed by atoms with Crippen molar-refractivity contribution in [2.75, 3.05) is 0 Å². The first-order valence-electron chi connectivity index (χ1n) is 7.01. The molecule has 2 aromatic rings. The second-order valence-electron chi connectivity index (χ2n) is 5.64. The topological polar surface area (TPSA) is 0 Å². The summed E-state index contributed by atoms with van der Waals surface area (Å²) >= 11 is 6.49. The summed E-state index contributed by atoms with van der Waals surface area (Å²) < 4.78 is 13.3. The first kappa shape index (κ1) is 15.1. The fraction of sp³-hybridized carbons (Fsp3) is 0.333. The molecule has 106 valence electrons. The van der Waals surface area contributed by atoms with Gasteiger partial charge in [-0.3, -0.25) is 0 Å². The van der Waals surface area contributed by atoms with Gasteiger partial charge in [-0.15, -0.1) is 0 Å². The molecule has 0 saturated heterocycles. The van der Waals surface area contributed by atoms with E-state index in [0.29, 0.717) is 5.92 Å². The Labute approximate surface area is 125 Å². The van der Waals surface area contributed by atoms with Crippen LogP contribution in [0.2, 0.25) is 5.02 Å². The largest absolute Gasteiger partial charge is 0.207 e. The van der Waals surface area contributed by atoms with Crippen molar-refractivity contribution in [2.24, 2.45) is 0 Å². The van der Waals surface area contributed by atoms with Crippen LogP contribution in [0.15, 0.2) is 42.5 Å². The van der Waals surface area contributed by atoms with Crippen molar-refractivity contribution in [3.05, 3.63) is 70.0 Å². The maximum atomic E-state index is 13.3. The lowest BCUT2D eigenvalue weighted by molar-refractivity contribution is 0.621. The Morgan fingerprint density at radius 3 is 2.40 bits per heavy atom. The Hall–Kier alpha value is -1.34. The van der Waals surface area contributed by atoms with Crippen molar-refractivity contribution in [3.63, 3.8) is 0 Å². The quantitative estimate of drug-likeness (QED) is 0.653. The Balaban J connectivity index is 2.24. The lowest BCUT2D eigenvalue weighted by atomic mass is 9.91. The van der Waals surface area contributed by atoms with Gasteiger partial charge in [0, 0.05) is 5.02 Å². The maximum absolute atomic E-state index is 13.3. The first-order chi connectivity index (χ1) is 9.49. The van der Waals surface area contributed by atoms with E-state index in [9.17, 15) is 4.39 Å². The summed E-state index contributed by atoms with van der Waals surface area (Å²) in [6.45, 7) is 6.38. The van der Waals surface area contributed by atoms with E-state index in [0.717, 1.165) is 22.6 Å². The molecule has 2 rings (SSSR count). The third-order valence-electron chi connectivity index (χ3n) is 3.67. The van der Waals surface area contributed by atoms with Gasteiger partial charge in [0.15, 0.2) is 0 Å². The minimum Gasteiger partial charge on any atom is -0.207 e. The highest BCUT2D eigenvalue weighted by atomic mass is 35.5.